The maximum atomic E-state index is 11.5. The third kappa shape index (κ3) is 6.31. The molecule has 0 fully saturated rings. The smallest absolute Gasteiger partial charge is 0.220 e. The van der Waals surface area contributed by atoms with Crippen LogP contribution in [0.25, 0.3) is 5.69 Å². The van der Waals surface area contributed by atoms with Crippen molar-refractivity contribution in [2.45, 2.75) is 30.9 Å². The third-order valence-electron chi connectivity index (χ3n) is 5.38. The monoisotopic (exact) mass is 562 g/mol. The molecule has 7 nitrogen and oxygen atoms in total. The quantitative estimate of drug-likeness (QED) is 0.119. The molecule has 4 aromatic rings. The fourth-order valence-electron chi connectivity index (χ4n) is 3.51. The molecule has 0 saturated carbocycles. The molecular formula is C25H21Cl3N4O3S. The molecule has 36 heavy (non-hydrogen) atoms. The lowest BCUT2D eigenvalue weighted by molar-refractivity contribution is -0.479. The fourth-order valence-corrected chi connectivity index (χ4v) is 5.38. The van der Waals surface area contributed by atoms with Crippen molar-refractivity contribution in [2.24, 2.45) is 0 Å². The van der Waals surface area contributed by atoms with Crippen molar-refractivity contribution in [1.29, 1.82) is 0 Å². The Hall–Kier alpha value is -2.78. The summed E-state index contributed by atoms with van der Waals surface area (Å²) in [4.78, 5) is 11.2. The lowest BCUT2D eigenvalue weighted by Crippen LogP contribution is -2.11. The van der Waals surface area contributed by atoms with E-state index in [2.05, 4.69) is 10.2 Å². The van der Waals surface area contributed by atoms with Crippen molar-refractivity contribution in [3.63, 3.8) is 0 Å². The zero-order chi connectivity index (χ0) is 25.8. The lowest BCUT2D eigenvalue weighted by atomic mass is 10.1. The van der Waals surface area contributed by atoms with E-state index in [4.69, 9.17) is 39.5 Å². The van der Waals surface area contributed by atoms with E-state index in [9.17, 15) is 10.1 Å². The molecule has 0 aliphatic heterocycles. The predicted molar refractivity (Wildman–Crippen MR) is 144 cm³/mol. The number of rotatable bonds is 9. The Labute approximate surface area is 227 Å². The summed E-state index contributed by atoms with van der Waals surface area (Å²) in [5, 5.41) is 21.3. The van der Waals surface area contributed by atoms with E-state index in [1.807, 2.05) is 42.7 Å². The van der Waals surface area contributed by atoms with Gasteiger partial charge in [0, 0.05) is 26.2 Å². The number of aryl methyl sites for hydroxylation is 2. The predicted octanol–water partition coefficient (Wildman–Crippen LogP) is 7.53. The Morgan fingerprint density at radius 2 is 1.75 bits per heavy atom. The molecule has 3 aromatic carbocycles. The van der Waals surface area contributed by atoms with Crippen molar-refractivity contribution >= 4 is 46.6 Å². The van der Waals surface area contributed by atoms with Crippen molar-refractivity contribution in [1.82, 2.24) is 14.8 Å². The van der Waals surface area contributed by atoms with Crippen LogP contribution in [0.2, 0.25) is 15.1 Å². The SMILES string of the molecule is Cc1ccc(-n2c(C)nnc2S[C@@H](C[N+](=O)[O-])c2ccc(OCc3ccc(Cl)cc3Cl)c(Cl)c2)cc1. The molecule has 0 unspecified atom stereocenters. The molecular weight excluding hydrogens is 543 g/mol. The molecule has 1 aromatic heterocycles. The average Bonchev–Trinajstić information content (AvgIpc) is 3.19. The van der Waals surface area contributed by atoms with Crippen LogP contribution in [0.4, 0.5) is 0 Å². The van der Waals surface area contributed by atoms with Gasteiger partial charge in [0.1, 0.15) is 23.4 Å². The van der Waals surface area contributed by atoms with Gasteiger partial charge >= 0.3 is 0 Å². The van der Waals surface area contributed by atoms with Crippen LogP contribution >= 0.6 is 46.6 Å². The van der Waals surface area contributed by atoms with E-state index in [1.54, 1.807) is 36.4 Å². The number of hydrogen-bond acceptors (Lipinski definition) is 6. The number of benzene rings is 3. The van der Waals surface area contributed by atoms with E-state index in [0.717, 1.165) is 16.8 Å². The van der Waals surface area contributed by atoms with E-state index in [1.165, 1.54) is 11.8 Å². The number of halogens is 3. The normalized spacial score (nSPS) is 11.9. The number of hydrogen-bond donors (Lipinski definition) is 0. The van der Waals surface area contributed by atoms with Crippen molar-refractivity contribution in [3.8, 4) is 11.4 Å². The second kappa shape index (κ2) is 11.5. The van der Waals surface area contributed by atoms with Crippen LogP contribution in [0.3, 0.4) is 0 Å². The minimum Gasteiger partial charge on any atom is -0.487 e. The Bertz CT molecular complexity index is 1400. The third-order valence-corrected chi connectivity index (χ3v) is 7.44. The standard InChI is InChI=1S/C25H21Cl3N4O3S/c1-15-3-8-20(9-4-15)32-16(2)29-30-25(32)36-24(13-31(33)34)17-6-10-23(22(28)11-17)35-14-18-5-7-19(26)12-21(18)27/h3-12,24H,13-14H2,1-2H3/t24-/m0/s1. The van der Waals surface area contributed by atoms with Gasteiger partial charge in [-0.05, 0) is 55.8 Å². The Balaban J connectivity index is 1.57. The van der Waals surface area contributed by atoms with E-state index < -0.39 is 5.25 Å². The average molecular weight is 564 g/mol. The first-order chi connectivity index (χ1) is 17.2. The summed E-state index contributed by atoms with van der Waals surface area (Å²) in [6, 6.07) is 18.2. The van der Waals surface area contributed by atoms with Gasteiger partial charge in [-0.1, -0.05) is 76.4 Å². The molecule has 11 heteroatoms. The Morgan fingerprint density at radius 3 is 2.42 bits per heavy atom. The maximum Gasteiger partial charge on any atom is 0.220 e. The van der Waals surface area contributed by atoms with Crippen LogP contribution in [0, 0.1) is 24.0 Å². The fraction of sp³-hybridized carbons (Fsp3) is 0.200. The van der Waals surface area contributed by atoms with Gasteiger partial charge in [-0.3, -0.25) is 14.7 Å². The molecule has 0 amide bonds. The van der Waals surface area contributed by atoms with Crippen molar-refractivity contribution in [2.75, 3.05) is 6.54 Å². The summed E-state index contributed by atoms with van der Waals surface area (Å²) in [5.41, 5.74) is 3.44. The second-order valence-corrected chi connectivity index (χ2v) is 10.5. The van der Waals surface area contributed by atoms with Crippen molar-refractivity contribution in [3.05, 3.63) is 108 Å². The first-order valence-corrected chi connectivity index (χ1v) is 12.9. The van der Waals surface area contributed by atoms with Crippen LogP contribution in [0.1, 0.15) is 27.8 Å². The highest BCUT2D eigenvalue weighted by Crippen LogP contribution is 2.39. The number of aromatic nitrogens is 3. The molecule has 0 saturated heterocycles. The first kappa shape index (κ1) is 26.3. The number of nitro groups is 1. The van der Waals surface area contributed by atoms with Gasteiger partial charge in [-0.2, -0.15) is 0 Å². The molecule has 0 N–H and O–H groups in total. The molecule has 0 spiro atoms. The molecule has 0 aliphatic rings. The number of ether oxygens (including phenoxy) is 1. The Morgan fingerprint density at radius 1 is 1.00 bits per heavy atom. The maximum absolute atomic E-state index is 11.5. The highest BCUT2D eigenvalue weighted by Gasteiger charge is 2.24. The van der Waals surface area contributed by atoms with E-state index in [-0.39, 0.29) is 18.1 Å². The summed E-state index contributed by atoms with van der Waals surface area (Å²) >= 11 is 19.9. The van der Waals surface area contributed by atoms with Crippen LogP contribution in [0.15, 0.2) is 65.8 Å². The molecule has 186 valence electrons. The molecule has 4 rings (SSSR count). The van der Waals surface area contributed by atoms with Gasteiger partial charge in [-0.15, -0.1) is 10.2 Å². The van der Waals surface area contributed by atoms with Gasteiger partial charge in [0.25, 0.3) is 0 Å². The molecule has 0 bridgehead atoms. The van der Waals surface area contributed by atoms with E-state index >= 15 is 0 Å². The summed E-state index contributed by atoms with van der Waals surface area (Å²) in [7, 11) is 0. The summed E-state index contributed by atoms with van der Waals surface area (Å²) in [5.74, 6) is 1.12. The highest BCUT2D eigenvalue weighted by molar-refractivity contribution is 7.99. The zero-order valence-corrected chi connectivity index (χ0v) is 22.4. The minimum atomic E-state index is -0.551. The zero-order valence-electron chi connectivity index (χ0n) is 19.3. The Kier molecular flexibility index (Phi) is 8.41. The van der Waals surface area contributed by atoms with Crippen LogP contribution in [-0.2, 0) is 6.61 Å². The minimum absolute atomic E-state index is 0.196. The lowest BCUT2D eigenvalue weighted by Gasteiger charge is -2.16. The summed E-state index contributed by atoms with van der Waals surface area (Å²) < 4.78 is 7.72. The van der Waals surface area contributed by atoms with Gasteiger partial charge in [0.05, 0.1) is 5.02 Å². The summed E-state index contributed by atoms with van der Waals surface area (Å²) in [6.45, 7) is 3.73. The van der Waals surface area contributed by atoms with Gasteiger partial charge in [0.15, 0.2) is 5.16 Å². The largest absolute Gasteiger partial charge is 0.487 e. The van der Waals surface area contributed by atoms with Crippen molar-refractivity contribution < 1.29 is 9.66 Å². The molecule has 0 radical (unpaired) electrons. The summed E-state index contributed by atoms with van der Waals surface area (Å²) in [6.07, 6.45) is 0. The molecule has 1 heterocycles. The van der Waals surface area contributed by atoms with Crippen LogP contribution < -0.4 is 4.74 Å². The van der Waals surface area contributed by atoms with E-state index in [0.29, 0.717) is 37.4 Å². The van der Waals surface area contributed by atoms with Gasteiger partial charge in [-0.25, -0.2) is 0 Å². The highest BCUT2D eigenvalue weighted by atomic mass is 35.5. The number of thioether (sulfide) groups is 1. The van der Waals surface area contributed by atoms with Crippen LogP contribution in [0.5, 0.6) is 5.75 Å². The second-order valence-electron chi connectivity index (χ2n) is 8.04. The molecule has 0 aliphatic carbocycles. The van der Waals surface area contributed by atoms with Crippen LogP contribution in [-0.4, -0.2) is 26.2 Å². The van der Waals surface area contributed by atoms with Gasteiger partial charge < -0.3 is 4.74 Å². The first-order valence-electron chi connectivity index (χ1n) is 10.8. The molecule has 1 atom stereocenters. The topological polar surface area (TPSA) is 83.1 Å². The van der Waals surface area contributed by atoms with Gasteiger partial charge in [0.2, 0.25) is 6.54 Å². The number of nitrogens with zero attached hydrogens (tertiary/aromatic N) is 4.